The summed E-state index contributed by atoms with van der Waals surface area (Å²) in [6.45, 7) is 4.00. The van der Waals surface area contributed by atoms with E-state index in [0.29, 0.717) is 24.4 Å². The largest absolute Gasteiger partial charge is 0.497 e. The minimum atomic E-state index is -3.05. The molecule has 144 valence electrons. The van der Waals surface area contributed by atoms with Gasteiger partial charge in [0.25, 0.3) is 0 Å². The van der Waals surface area contributed by atoms with E-state index < -0.39 is 9.84 Å². The summed E-state index contributed by atoms with van der Waals surface area (Å²) in [6.07, 6.45) is 0.632. The fourth-order valence-corrected chi connectivity index (χ4v) is 4.97. The van der Waals surface area contributed by atoms with E-state index in [4.69, 9.17) is 4.74 Å². The number of nitrogens with zero attached hydrogens (tertiary/aromatic N) is 2. The summed E-state index contributed by atoms with van der Waals surface area (Å²) in [6, 6.07) is 6.80. The molecule has 1 aromatic rings. The first-order chi connectivity index (χ1) is 12.3. The van der Waals surface area contributed by atoms with Crippen molar-refractivity contribution in [2.75, 3.05) is 36.6 Å². The molecule has 1 aromatic carbocycles. The van der Waals surface area contributed by atoms with Gasteiger partial charge < -0.3 is 14.5 Å². The fourth-order valence-electron chi connectivity index (χ4n) is 3.24. The summed E-state index contributed by atoms with van der Waals surface area (Å²) in [5.41, 5.74) is 0.692. The minimum Gasteiger partial charge on any atom is -0.497 e. The zero-order chi connectivity index (χ0) is 19.3. The lowest BCUT2D eigenvalue weighted by atomic mass is 10.2. The summed E-state index contributed by atoms with van der Waals surface area (Å²) in [7, 11) is -1.48. The van der Waals surface area contributed by atoms with Gasteiger partial charge >= 0.3 is 0 Å². The topological polar surface area (TPSA) is 84.0 Å². The van der Waals surface area contributed by atoms with Gasteiger partial charge in [0.1, 0.15) is 5.75 Å². The SMILES string of the molecule is CCN(C(=O)CCN(C(C)=O)c1ccc(OC)cc1)C1CCS(=O)(=O)C1. The van der Waals surface area contributed by atoms with E-state index >= 15 is 0 Å². The van der Waals surface area contributed by atoms with Crippen molar-refractivity contribution in [2.45, 2.75) is 32.7 Å². The van der Waals surface area contributed by atoms with Gasteiger partial charge in [-0.1, -0.05) is 0 Å². The number of carbonyl (C=O) groups is 2. The van der Waals surface area contributed by atoms with Crippen LogP contribution in [0.4, 0.5) is 5.69 Å². The highest BCUT2D eigenvalue weighted by atomic mass is 32.2. The van der Waals surface area contributed by atoms with Crippen LogP contribution in [0.5, 0.6) is 5.75 Å². The molecule has 0 aliphatic carbocycles. The maximum atomic E-state index is 12.6. The third kappa shape index (κ3) is 4.97. The summed E-state index contributed by atoms with van der Waals surface area (Å²) in [5.74, 6) is 0.561. The molecule has 1 heterocycles. The molecule has 1 aliphatic heterocycles. The normalized spacial score (nSPS) is 18.3. The van der Waals surface area contributed by atoms with Crippen molar-refractivity contribution in [1.82, 2.24) is 4.90 Å². The fraction of sp³-hybridized carbons (Fsp3) is 0.556. The number of hydrogen-bond acceptors (Lipinski definition) is 5. The first-order valence-corrected chi connectivity index (χ1v) is 10.5. The second kappa shape index (κ2) is 8.53. The van der Waals surface area contributed by atoms with Crippen molar-refractivity contribution < 1.29 is 22.7 Å². The number of amides is 2. The Labute approximate surface area is 154 Å². The number of rotatable bonds is 7. The van der Waals surface area contributed by atoms with E-state index in [-0.39, 0.29) is 42.3 Å². The lowest BCUT2D eigenvalue weighted by Crippen LogP contribution is -2.42. The maximum absolute atomic E-state index is 12.6. The van der Waals surface area contributed by atoms with E-state index in [9.17, 15) is 18.0 Å². The zero-order valence-electron chi connectivity index (χ0n) is 15.5. The molecule has 1 atom stereocenters. The molecule has 26 heavy (non-hydrogen) atoms. The van der Waals surface area contributed by atoms with Crippen LogP contribution < -0.4 is 9.64 Å². The first kappa shape index (κ1) is 20.2. The number of benzene rings is 1. The van der Waals surface area contributed by atoms with Crippen molar-refractivity contribution in [3.8, 4) is 5.75 Å². The molecule has 0 saturated carbocycles. The summed E-state index contributed by atoms with van der Waals surface area (Å²) in [5, 5.41) is 0. The average Bonchev–Trinajstić information content (AvgIpc) is 2.95. The van der Waals surface area contributed by atoms with Crippen LogP contribution in [0.2, 0.25) is 0 Å². The monoisotopic (exact) mass is 382 g/mol. The second-order valence-corrected chi connectivity index (χ2v) is 8.58. The van der Waals surface area contributed by atoms with Crippen LogP contribution in [0.1, 0.15) is 26.7 Å². The van der Waals surface area contributed by atoms with Crippen LogP contribution >= 0.6 is 0 Å². The summed E-state index contributed by atoms with van der Waals surface area (Å²) in [4.78, 5) is 27.7. The smallest absolute Gasteiger partial charge is 0.224 e. The third-order valence-corrected chi connectivity index (χ3v) is 6.37. The van der Waals surface area contributed by atoms with Crippen LogP contribution in [-0.2, 0) is 19.4 Å². The van der Waals surface area contributed by atoms with E-state index in [2.05, 4.69) is 0 Å². The van der Waals surface area contributed by atoms with E-state index in [0.717, 1.165) is 0 Å². The van der Waals surface area contributed by atoms with Crippen molar-refractivity contribution in [2.24, 2.45) is 0 Å². The third-order valence-electron chi connectivity index (χ3n) is 4.62. The summed E-state index contributed by atoms with van der Waals surface area (Å²) >= 11 is 0. The molecule has 1 unspecified atom stereocenters. The predicted molar refractivity (Wildman–Crippen MR) is 100 cm³/mol. The molecule has 0 radical (unpaired) electrons. The van der Waals surface area contributed by atoms with Crippen LogP contribution in [0.3, 0.4) is 0 Å². The number of ether oxygens (including phenoxy) is 1. The standard InChI is InChI=1S/C18H26N2O5S/c1-4-19(16-10-12-26(23,24)13-16)18(22)9-11-20(14(2)21)15-5-7-17(25-3)8-6-15/h5-8,16H,4,9-13H2,1-3H3. The molecule has 2 rings (SSSR count). The Morgan fingerprint density at radius 3 is 2.35 bits per heavy atom. The Bertz CT molecular complexity index is 745. The lowest BCUT2D eigenvalue weighted by Gasteiger charge is -2.28. The van der Waals surface area contributed by atoms with Gasteiger partial charge in [0.05, 0.1) is 18.6 Å². The zero-order valence-corrected chi connectivity index (χ0v) is 16.3. The van der Waals surface area contributed by atoms with Gasteiger partial charge in [-0.05, 0) is 37.6 Å². The van der Waals surface area contributed by atoms with E-state index in [1.165, 1.54) is 11.8 Å². The lowest BCUT2D eigenvalue weighted by molar-refractivity contribution is -0.132. The molecule has 2 amide bonds. The highest BCUT2D eigenvalue weighted by molar-refractivity contribution is 7.91. The van der Waals surface area contributed by atoms with Gasteiger partial charge in [0.2, 0.25) is 11.8 Å². The van der Waals surface area contributed by atoms with Crippen molar-refractivity contribution in [3.63, 3.8) is 0 Å². The van der Waals surface area contributed by atoms with Gasteiger partial charge in [-0.3, -0.25) is 9.59 Å². The minimum absolute atomic E-state index is 0.0292. The Balaban J connectivity index is 2.02. The number of carbonyl (C=O) groups excluding carboxylic acids is 2. The number of methoxy groups -OCH3 is 1. The van der Waals surface area contributed by atoms with E-state index in [1.54, 1.807) is 36.3 Å². The van der Waals surface area contributed by atoms with Crippen LogP contribution in [0, 0.1) is 0 Å². The quantitative estimate of drug-likeness (QED) is 0.713. The Kier molecular flexibility index (Phi) is 6.63. The highest BCUT2D eigenvalue weighted by Gasteiger charge is 2.33. The van der Waals surface area contributed by atoms with Gasteiger partial charge in [-0.2, -0.15) is 0 Å². The molecule has 0 N–H and O–H groups in total. The van der Waals surface area contributed by atoms with Gasteiger partial charge in [0.15, 0.2) is 9.84 Å². The first-order valence-electron chi connectivity index (χ1n) is 8.69. The van der Waals surface area contributed by atoms with Crippen LogP contribution in [-0.4, -0.2) is 62.9 Å². The molecule has 1 aliphatic rings. The summed E-state index contributed by atoms with van der Waals surface area (Å²) < 4.78 is 28.5. The number of hydrogen-bond donors (Lipinski definition) is 0. The average molecular weight is 382 g/mol. The molecular formula is C18H26N2O5S. The van der Waals surface area contributed by atoms with Crippen LogP contribution in [0.25, 0.3) is 0 Å². The van der Waals surface area contributed by atoms with Crippen LogP contribution in [0.15, 0.2) is 24.3 Å². The Morgan fingerprint density at radius 2 is 1.88 bits per heavy atom. The van der Waals surface area contributed by atoms with Crippen molar-refractivity contribution in [3.05, 3.63) is 24.3 Å². The second-order valence-electron chi connectivity index (χ2n) is 6.36. The molecule has 1 fully saturated rings. The molecule has 8 heteroatoms. The molecule has 0 aromatic heterocycles. The Hall–Kier alpha value is -2.09. The molecule has 7 nitrogen and oxygen atoms in total. The van der Waals surface area contributed by atoms with Crippen molar-refractivity contribution in [1.29, 1.82) is 0 Å². The number of sulfone groups is 1. The Morgan fingerprint density at radius 1 is 1.23 bits per heavy atom. The van der Waals surface area contributed by atoms with Gasteiger partial charge in [-0.15, -0.1) is 0 Å². The number of anilines is 1. The maximum Gasteiger partial charge on any atom is 0.224 e. The molecular weight excluding hydrogens is 356 g/mol. The molecule has 0 bridgehead atoms. The van der Waals surface area contributed by atoms with Gasteiger partial charge in [0, 0.05) is 38.2 Å². The molecule has 0 spiro atoms. The van der Waals surface area contributed by atoms with Crippen molar-refractivity contribution >= 4 is 27.3 Å². The van der Waals surface area contributed by atoms with E-state index in [1.807, 2.05) is 6.92 Å². The highest BCUT2D eigenvalue weighted by Crippen LogP contribution is 2.21. The molecule has 1 saturated heterocycles. The van der Waals surface area contributed by atoms with Gasteiger partial charge in [-0.25, -0.2) is 8.42 Å². The predicted octanol–water partition coefficient (Wildman–Crippen LogP) is 1.47.